The van der Waals surface area contributed by atoms with E-state index in [1.807, 2.05) is 85.1 Å². The summed E-state index contributed by atoms with van der Waals surface area (Å²) < 4.78 is 22.5. The highest BCUT2D eigenvalue weighted by atomic mass is 35.5. The molecule has 3 amide bonds. The van der Waals surface area contributed by atoms with Crippen LogP contribution < -0.4 is 20.7 Å². The molecule has 358 valence electrons. The van der Waals surface area contributed by atoms with Crippen molar-refractivity contribution in [3.05, 3.63) is 172 Å². The first kappa shape index (κ1) is 49.2. The number of nitrogens with one attached hydrogen (secondary N) is 3. The van der Waals surface area contributed by atoms with Gasteiger partial charge in [0.1, 0.15) is 31.6 Å². The van der Waals surface area contributed by atoms with Crippen molar-refractivity contribution >= 4 is 85.3 Å². The molecule has 18 heteroatoms. The molecule has 3 heterocycles. The number of aryl methyl sites for hydroxylation is 1. The van der Waals surface area contributed by atoms with Crippen LogP contribution in [0.2, 0.25) is 5.02 Å². The predicted octanol–water partition coefficient (Wildman–Crippen LogP) is 9.99. The Bertz CT molecular complexity index is 2940. The van der Waals surface area contributed by atoms with Gasteiger partial charge in [0.05, 0.1) is 53.9 Å². The lowest BCUT2D eigenvalue weighted by Gasteiger charge is -2.28. The molecule has 2 aliphatic rings. The molecule has 8 rings (SSSR count). The zero-order chi connectivity index (χ0) is 48.8. The summed E-state index contributed by atoms with van der Waals surface area (Å²) in [5.74, 6) is -0.836. The SMILES string of the molecule is Cc1nc(NC(=O)c2ccccc2)sc1-c1csc(Nc2cc(Cl)ccc2OCCOCCOCC(=O)OCc2ccc(NC(=O)[C@H](c3ccccc3)N(C)C(=O)CC3=CN=C4C=CC=CC34)cc2)n1. The van der Waals surface area contributed by atoms with E-state index in [0.717, 1.165) is 27.5 Å². The molecular formula is C52H48ClN7O8S2. The number of thiazole rings is 2. The van der Waals surface area contributed by atoms with Crippen LogP contribution in [0.3, 0.4) is 0 Å². The van der Waals surface area contributed by atoms with Crippen molar-refractivity contribution in [2.24, 2.45) is 10.9 Å². The van der Waals surface area contributed by atoms with Gasteiger partial charge in [-0.3, -0.25) is 24.7 Å². The van der Waals surface area contributed by atoms with Crippen molar-refractivity contribution in [2.75, 3.05) is 56.0 Å². The predicted molar refractivity (Wildman–Crippen MR) is 273 cm³/mol. The molecule has 1 aliphatic heterocycles. The molecule has 15 nitrogen and oxygen atoms in total. The second-order valence-corrected chi connectivity index (χ2v) is 18.2. The number of ether oxygens (including phenoxy) is 4. The van der Waals surface area contributed by atoms with Gasteiger partial charge >= 0.3 is 5.97 Å². The van der Waals surface area contributed by atoms with E-state index in [4.69, 9.17) is 35.5 Å². The molecule has 1 unspecified atom stereocenters. The van der Waals surface area contributed by atoms with Crippen molar-refractivity contribution in [3.63, 3.8) is 0 Å². The Balaban J connectivity index is 0.724. The Morgan fingerprint density at radius 1 is 0.843 bits per heavy atom. The smallest absolute Gasteiger partial charge is 0.332 e. The molecule has 70 heavy (non-hydrogen) atoms. The minimum atomic E-state index is -0.881. The van der Waals surface area contributed by atoms with Gasteiger partial charge < -0.3 is 34.5 Å². The minimum absolute atomic E-state index is 0.00965. The molecule has 0 bridgehead atoms. The molecule has 2 aromatic heterocycles. The average Bonchev–Trinajstić information content (AvgIpc) is 4.11. The van der Waals surface area contributed by atoms with Gasteiger partial charge in [-0.15, -0.1) is 11.3 Å². The Kier molecular flexibility index (Phi) is 16.7. The highest BCUT2D eigenvalue weighted by Crippen LogP contribution is 2.37. The van der Waals surface area contributed by atoms with E-state index in [0.29, 0.717) is 49.1 Å². The zero-order valence-corrected chi connectivity index (χ0v) is 40.5. The second-order valence-electron chi connectivity index (χ2n) is 15.9. The largest absolute Gasteiger partial charge is 0.489 e. The molecule has 0 spiro atoms. The first-order chi connectivity index (χ1) is 34.1. The number of carbonyl (C=O) groups excluding carboxylic acids is 4. The van der Waals surface area contributed by atoms with Gasteiger partial charge in [-0.2, -0.15) is 0 Å². The van der Waals surface area contributed by atoms with E-state index in [1.165, 1.54) is 27.6 Å². The van der Waals surface area contributed by atoms with Crippen LogP contribution in [-0.2, 0) is 35.2 Å². The number of fused-ring (bicyclic) bond motifs is 1. The third-order valence-electron chi connectivity index (χ3n) is 11.0. The van der Waals surface area contributed by atoms with Gasteiger partial charge in [0.25, 0.3) is 11.8 Å². The second kappa shape index (κ2) is 23.8. The van der Waals surface area contributed by atoms with E-state index >= 15 is 0 Å². The molecule has 0 radical (unpaired) electrons. The van der Waals surface area contributed by atoms with Crippen molar-refractivity contribution in [1.82, 2.24) is 14.9 Å². The van der Waals surface area contributed by atoms with Crippen LogP contribution in [-0.4, -0.2) is 84.4 Å². The maximum absolute atomic E-state index is 13.8. The lowest BCUT2D eigenvalue weighted by molar-refractivity contribution is -0.150. The van der Waals surface area contributed by atoms with Gasteiger partial charge in [0, 0.05) is 40.8 Å². The summed E-state index contributed by atoms with van der Waals surface area (Å²) in [5, 5.41) is 12.6. The van der Waals surface area contributed by atoms with E-state index in [2.05, 4.69) is 25.9 Å². The molecule has 1 aliphatic carbocycles. The van der Waals surface area contributed by atoms with E-state index in [1.54, 1.807) is 67.8 Å². The Morgan fingerprint density at radius 2 is 1.60 bits per heavy atom. The molecule has 0 saturated carbocycles. The average molecular weight is 999 g/mol. The van der Waals surface area contributed by atoms with Gasteiger partial charge in [-0.25, -0.2) is 14.8 Å². The van der Waals surface area contributed by atoms with Crippen LogP contribution in [0.4, 0.5) is 21.6 Å². The maximum Gasteiger partial charge on any atom is 0.332 e. The van der Waals surface area contributed by atoms with Crippen LogP contribution in [0.15, 0.2) is 150 Å². The number of halogens is 1. The molecule has 6 aromatic rings. The topological polar surface area (TPSA) is 183 Å². The normalized spacial score (nSPS) is 14.0. The zero-order valence-electron chi connectivity index (χ0n) is 38.1. The van der Waals surface area contributed by atoms with E-state index in [9.17, 15) is 19.2 Å². The summed E-state index contributed by atoms with van der Waals surface area (Å²) in [5.41, 5.74) is 6.32. The highest BCUT2D eigenvalue weighted by Gasteiger charge is 2.31. The van der Waals surface area contributed by atoms with Crippen molar-refractivity contribution < 1.29 is 38.1 Å². The van der Waals surface area contributed by atoms with Gasteiger partial charge in [-0.05, 0) is 72.2 Å². The van der Waals surface area contributed by atoms with Gasteiger partial charge in [0.15, 0.2) is 10.3 Å². The van der Waals surface area contributed by atoms with Crippen molar-refractivity contribution in [2.45, 2.75) is 26.0 Å². The first-order valence-electron chi connectivity index (χ1n) is 22.2. The molecule has 0 saturated heterocycles. The number of anilines is 4. The summed E-state index contributed by atoms with van der Waals surface area (Å²) in [6.07, 6.45) is 9.69. The van der Waals surface area contributed by atoms with Gasteiger partial charge in [0.2, 0.25) is 5.91 Å². The number of aromatic nitrogens is 2. The van der Waals surface area contributed by atoms with Crippen molar-refractivity contribution in [1.29, 1.82) is 0 Å². The number of carbonyl (C=O) groups is 4. The van der Waals surface area contributed by atoms with Gasteiger partial charge in [-0.1, -0.05) is 102 Å². The molecule has 3 N–H and O–H groups in total. The summed E-state index contributed by atoms with van der Waals surface area (Å²) in [4.78, 5) is 68.5. The van der Waals surface area contributed by atoms with Crippen LogP contribution in [0, 0.1) is 12.8 Å². The molecule has 4 aromatic carbocycles. The maximum atomic E-state index is 13.8. The number of nitrogens with zero attached hydrogens (tertiary/aromatic N) is 4. The lowest BCUT2D eigenvalue weighted by Crippen LogP contribution is -2.39. The molecule has 0 fully saturated rings. The fourth-order valence-electron chi connectivity index (χ4n) is 7.40. The summed E-state index contributed by atoms with van der Waals surface area (Å²) in [7, 11) is 1.63. The fourth-order valence-corrected chi connectivity index (χ4v) is 9.28. The third-order valence-corrected chi connectivity index (χ3v) is 13.0. The van der Waals surface area contributed by atoms with E-state index < -0.39 is 12.0 Å². The number of rotatable bonds is 22. The van der Waals surface area contributed by atoms with Crippen molar-refractivity contribution in [3.8, 4) is 16.3 Å². The number of likely N-dealkylation sites (N-methyl/N-ethyl adjacent to an activating group) is 1. The number of amides is 3. The van der Waals surface area contributed by atoms with Crippen LogP contribution >= 0.6 is 34.3 Å². The standard InChI is InChI=1S/C52H48ClN7O8S2/c1-33-48(70-52(55-33)59-49(63)36-13-7-4-8-14-36)43-32-69-51(58-43)57-42-28-38(53)19-22-44(42)67-26-25-65-23-24-66-31-46(62)68-30-34-17-20-39(21-18-34)56-50(64)47(35-11-5-3-6-12-35)60(2)45(61)27-37-29-54-41-16-10-9-15-40(37)41/h3-22,28-29,32,40,47H,23-27,30-31H2,1-2H3,(H,56,64)(H,57,58)(H,55,59,63)/t40?,47-/m0/s1. The first-order valence-corrected chi connectivity index (χ1v) is 24.3. The quantitative estimate of drug-likeness (QED) is 0.0435. The number of hydrogen-bond acceptors (Lipinski definition) is 14. The van der Waals surface area contributed by atoms with E-state index in [-0.39, 0.29) is 69.7 Å². The number of esters is 1. The number of benzene rings is 4. The molecular weight excluding hydrogens is 950 g/mol. The number of hydrogen-bond donors (Lipinski definition) is 3. The monoisotopic (exact) mass is 997 g/mol. The van der Waals surface area contributed by atoms with Crippen LogP contribution in [0.25, 0.3) is 10.6 Å². The highest BCUT2D eigenvalue weighted by molar-refractivity contribution is 7.20. The number of allylic oxidation sites excluding steroid dienone is 4. The molecule has 2 atom stereocenters. The lowest BCUT2D eigenvalue weighted by atomic mass is 9.90. The Morgan fingerprint density at radius 3 is 2.40 bits per heavy atom. The fraction of sp³-hybridized carbons (Fsp3) is 0.212. The summed E-state index contributed by atoms with van der Waals surface area (Å²) >= 11 is 9.09. The minimum Gasteiger partial charge on any atom is -0.489 e. The van der Waals surface area contributed by atoms with Crippen LogP contribution in [0.1, 0.15) is 39.6 Å². The summed E-state index contributed by atoms with van der Waals surface area (Å²) in [6, 6.07) is 29.4. The number of aliphatic imine (C=N–C) groups is 1. The summed E-state index contributed by atoms with van der Waals surface area (Å²) in [6.45, 7) is 2.51. The Labute approximate surface area is 417 Å². The Hall–Kier alpha value is -7.28. The third kappa shape index (κ3) is 13.1. The van der Waals surface area contributed by atoms with Crippen LogP contribution in [0.5, 0.6) is 5.75 Å².